The Morgan fingerprint density at radius 2 is 2.04 bits per heavy atom. The Morgan fingerprint density at radius 1 is 1.32 bits per heavy atom. The Bertz CT molecular complexity index is 866. The molecular formula is C18H23FN6O3. The molecule has 0 radical (unpaired) electrons. The van der Waals surface area contributed by atoms with E-state index < -0.39 is 23.2 Å². The van der Waals surface area contributed by atoms with E-state index in [4.69, 9.17) is 0 Å². The minimum atomic E-state index is -1.61. The predicted molar refractivity (Wildman–Crippen MR) is 97.8 cm³/mol. The highest BCUT2D eigenvalue weighted by atomic mass is 19.1. The average molecular weight is 390 g/mol. The number of unbranched alkanes of at least 4 members (excludes halogenated alkanes) is 1. The van der Waals surface area contributed by atoms with Crippen LogP contribution in [0.15, 0.2) is 30.5 Å². The van der Waals surface area contributed by atoms with Crippen LogP contribution in [0.4, 0.5) is 9.18 Å². The summed E-state index contributed by atoms with van der Waals surface area (Å²) in [5.74, 6) is -0.803. The summed E-state index contributed by atoms with van der Waals surface area (Å²) in [6.07, 6.45) is 3.40. The summed E-state index contributed by atoms with van der Waals surface area (Å²) in [4.78, 5) is 25.2. The number of imide groups is 1. The van der Waals surface area contributed by atoms with Gasteiger partial charge in [-0.25, -0.2) is 9.18 Å². The van der Waals surface area contributed by atoms with Crippen molar-refractivity contribution in [3.05, 3.63) is 42.0 Å². The maximum Gasteiger partial charge on any atom is 0.322 e. The molecule has 0 spiro atoms. The first kappa shape index (κ1) is 19.9. The van der Waals surface area contributed by atoms with Gasteiger partial charge >= 0.3 is 6.03 Å². The van der Waals surface area contributed by atoms with Crippen LogP contribution in [0.5, 0.6) is 0 Å². The fraction of sp³-hybridized carbons (Fsp3) is 0.444. The molecule has 9 nitrogen and oxygen atoms in total. The van der Waals surface area contributed by atoms with Crippen molar-refractivity contribution >= 4 is 11.9 Å². The van der Waals surface area contributed by atoms with E-state index in [1.54, 1.807) is 0 Å². The van der Waals surface area contributed by atoms with E-state index >= 15 is 0 Å². The molecule has 150 valence electrons. The molecule has 0 bridgehead atoms. The molecule has 2 unspecified atom stereocenters. The minimum Gasteiger partial charge on any atom is -0.370 e. The van der Waals surface area contributed by atoms with Gasteiger partial charge in [0.25, 0.3) is 5.91 Å². The molecule has 1 saturated heterocycles. The lowest BCUT2D eigenvalue weighted by atomic mass is 9.92. The van der Waals surface area contributed by atoms with Crippen LogP contribution in [0, 0.1) is 5.82 Å². The third-order valence-electron chi connectivity index (χ3n) is 4.75. The molecule has 1 aliphatic heterocycles. The molecule has 1 fully saturated rings. The first-order valence-electron chi connectivity index (χ1n) is 9.05. The zero-order valence-electron chi connectivity index (χ0n) is 15.7. The number of benzene rings is 1. The first-order chi connectivity index (χ1) is 13.3. The van der Waals surface area contributed by atoms with E-state index in [-0.39, 0.29) is 18.1 Å². The number of hydrogen-bond donors (Lipinski definition) is 4. The van der Waals surface area contributed by atoms with Crippen LogP contribution in [0.25, 0.3) is 5.69 Å². The Hall–Kier alpha value is -2.85. The van der Waals surface area contributed by atoms with Gasteiger partial charge in [0, 0.05) is 6.54 Å². The second-order valence-corrected chi connectivity index (χ2v) is 7.02. The van der Waals surface area contributed by atoms with Gasteiger partial charge in [-0.1, -0.05) is 19.8 Å². The minimum absolute atomic E-state index is 0.0149. The lowest BCUT2D eigenvalue weighted by molar-refractivity contribution is -0.124. The fourth-order valence-electron chi connectivity index (χ4n) is 2.99. The Morgan fingerprint density at radius 3 is 2.64 bits per heavy atom. The van der Waals surface area contributed by atoms with Crippen molar-refractivity contribution in [2.45, 2.75) is 44.4 Å². The molecule has 1 aromatic heterocycles. The van der Waals surface area contributed by atoms with Crippen molar-refractivity contribution in [2.24, 2.45) is 0 Å². The molecule has 4 N–H and O–H groups in total. The topological polar surface area (TPSA) is 121 Å². The molecule has 2 atom stereocenters. The highest BCUT2D eigenvalue weighted by Crippen LogP contribution is 2.22. The monoisotopic (exact) mass is 390 g/mol. The molecule has 10 heteroatoms. The second kappa shape index (κ2) is 7.64. The summed E-state index contributed by atoms with van der Waals surface area (Å²) < 4.78 is 13.1. The maximum atomic E-state index is 13.1. The Labute approximate surface area is 161 Å². The number of nitrogens with zero attached hydrogens (tertiary/aromatic N) is 3. The summed E-state index contributed by atoms with van der Waals surface area (Å²) >= 11 is 0. The van der Waals surface area contributed by atoms with Crippen LogP contribution in [0.2, 0.25) is 0 Å². The number of amides is 3. The van der Waals surface area contributed by atoms with Crippen molar-refractivity contribution in [2.75, 3.05) is 6.54 Å². The predicted octanol–water partition coefficient (Wildman–Crippen LogP) is 0.929. The van der Waals surface area contributed by atoms with Gasteiger partial charge in [0.05, 0.1) is 11.9 Å². The molecule has 2 heterocycles. The zero-order chi connectivity index (χ0) is 20.4. The number of aromatic nitrogens is 3. The molecule has 2 aromatic rings. The van der Waals surface area contributed by atoms with Gasteiger partial charge in [-0.05, 0) is 37.6 Å². The van der Waals surface area contributed by atoms with Crippen LogP contribution in [-0.4, -0.2) is 44.1 Å². The highest BCUT2D eigenvalue weighted by molar-refractivity contribution is 6.07. The van der Waals surface area contributed by atoms with Crippen molar-refractivity contribution in [1.29, 1.82) is 0 Å². The molecule has 0 aliphatic carbocycles. The summed E-state index contributed by atoms with van der Waals surface area (Å²) in [7, 11) is 0. The van der Waals surface area contributed by atoms with Gasteiger partial charge in [0.2, 0.25) is 0 Å². The molecule has 1 aromatic carbocycles. The van der Waals surface area contributed by atoms with E-state index in [0.717, 1.165) is 12.8 Å². The lowest BCUT2D eigenvalue weighted by Gasteiger charge is -2.31. The van der Waals surface area contributed by atoms with Crippen molar-refractivity contribution in [1.82, 2.24) is 30.9 Å². The number of halogens is 1. The van der Waals surface area contributed by atoms with Crippen molar-refractivity contribution in [3.63, 3.8) is 0 Å². The van der Waals surface area contributed by atoms with Crippen LogP contribution in [-0.2, 0) is 10.5 Å². The molecule has 28 heavy (non-hydrogen) atoms. The van der Waals surface area contributed by atoms with Crippen LogP contribution in [0.1, 0.15) is 38.8 Å². The SMILES string of the molecule is CCCCC1(CNC(C)(O)c2cnn(-c3ccc(F)cc3)n2)NC(=O)NC1=O. The van der Waals surface area contributed by atoms with Gasteiger partial charge in [-0.15, -0.1) is 5.10 Å². The molecular weight excluding hydrogens is 367 g/mol. The number of urea groups is 1. The van der Waals surface area contributed by atoms with Crippen LogP contribution >= 0.6 is 0 Å². The number of carbonyl (C=O) groups excluding carboxylic acids is 2. The van der Waals surface area contributed by atoms with Gasteiger partial charge in [0.15, 0.2) is 5.72 Å². The number of nitrogens with one attached hydrogen (secondary N) is 3. The molecule has 3 rings (SSSR count). The number of rotatable bonds is 8. The second-order valence-electron chi connectivity index (χ2n) is 7.02. The summed E-state index contributed by atoms with van der Waals surface area (Å²) in [6, 6.07) is 5.05. The van der Waals surface area contributed by atoms with Gasteiger partial charge in [0.1, 0.15) is 17.1 Å². The van der Waals surface area contributed by atoms with Gasteiger partial charge in [-0.2, -0.15) is 9.90 Å². The summed E-state index contributed by atoms with van der Waals surface area (Å²) in [6.45, 7) is 3.48. The molecule has 0 saturated carbocycles. The summed E-state index contributed by atoms with van der Waals surface area (Å²) in [5.41, 5.74) is -1.99. The van der Waals surface area contributed by atoms with E-state index in [1.807, 2.05) is 6.92 Å². The average Bonchev–Trinajstić information content (AvgIpc) is 3.25. The maximum absolute atomic E-state index is 13.1. The van der Waals surface area contributed by atoms with Gasteiger partial charge in [-0.3, -0.25) is 15.4 Å². The smallest absolute Gasteiger partial charge is 0.322 e. The molecule has 3 amide bonds. The number of aliphatic hydroxyl groups is 1. The standard InChI is InChI=1S/C18H23FN6O3/c1-3-4-9-18(15(26)22-16(27)23-18)11-20-17(2,28)14-10-21-25(24-14)13-7-5-12(19)6-8-13/h5-8,10,20,28H,3-4,9,11H2,1-2H3,(H2,22,23,26,27). The zero-order valence-corrected chi connectivity index (χ0v) is 15.7. The van der Waals surface area contributed by atoms with E-state index in [0.29, 0.717) is 12.1 Å². The third-order valence-corrected chi connectivity index (χ3v) is 4.75. The third kappa shape index (κ3) is 4.02. The summed E-state index contributed by atoms with van der Waals surface area (Å²) in [5, 5.41) is 26.9. The van der Waals surface area contributed by atoms with Crippen LogP contribution < -0.4 is 16.0 Å². The highest BCUT2D eigenvalue weighted by Gasteiger charge is 2.46. The largest absolute Gasteiger partial charge is 0.370 e. The number of hydrogen-bond acceptors (Lipinski definition) is 6. The molecule has 1 aliphatic rings. The first-order valence-corrected chi connectivity index (χ1v) is 9.05. The van der Waals surface area contributed by atoms with Crippen molar-refractivity contribution < 1.29 is 19.1 Å². The Kier molecular flexibility index (Phi) is 5.43. The van der Waals surface area contributed by atoms with Gasteiger partial charge < -0.3 is 10.4 Å². The lowest BCUT2D eigenvalue weighted by Crippen LogP contribution is -2.57. The number of carbonyl (C=O) groups is 2. The Balaban J connectivity index is 1.75. The van der Waals surface area contributed by atoms with E-state index in [9.17, 15) is 19.1 Å². The van der Waals surface area contributed by atoms with E-state index in [1.165, 1.54) is 42.2 Å². The van der Waals surface area contributed by atoms with Crippen LogP contribution in [0.3, 0.4) is 0 Å². The normalized spacial score (nSPS) is 21.3. The van der Waals surface area contributed by atoms with Crippen molar-refractivity contribution in [3.8, 4) is 5.69 Å². The van der Waals surface area contributed by atoms with E-state index in [2.05, 4.69) is 26.1 Å². The quantitative estimate of drug-likeness (QED) is 0.393. The fourth-order valence-corrected chi connectivity index (χ4v) is 2.99.